The number of nitrogens with two attached hydrogens (primary N) is 1. The van der Waals surface area contributed by atoms with Gasteiger partial charge in [0.05, 0.1) is 4.47 Å². The second-order valence-electron chi connectivity index (χ2n) is 5.31. The van der Waals surface area contributed by atoms with Gasteiger partial charge in [-0.3, -0.25) is 0 Å². The van der Waals surface area contributed by atoms with E-state index in [0.29, 0.717) is 6.42 Å². The molecule has 0 saturated heterocycles. The van der Waals surface area contributed by atoms with Crippen LogP contribution in [0.3, 0.4) is 0 Å². The van der Waals surface area contributed by atoms with Crippen LogP contribution >= 0.6 is 15.9 Å². The summed E-state index contributed by atoms with van der Waals surface area (Å²) in [5.74, 6) is -1.09. The van der Waals surface area contributed by atoms with Crippen LogP contribution < -0.4 is 5.73 Å². The Hall–Kier alpha value is -1.26. The fourth-order valence-corrected chi connectivity index (χ4v) is 2.71. The van der Waals surface area contributed by atoms with E-state index in [9.17, 15) is 8.78 Å². The van der Waals surface area contributed by atoms with Crippen LogP contribution in [0.2, 0.25) is 0 Å². The van der Waals surface area contributed by atoms with Crippen molar-refractivity contribution in [2.45, 2.75) is 32.2 Å². The third-order valence-electron chi connectivity index (χ3n) is 3.49. The average molecular weight is 354 g/mol. The molecule has 0 amide bonds. The minimum Gasteiger partial charge on any atom is -0.327 e. The smallest absolute Gasteiger partial charge is 0.143 e. The van der Waals surface area contributed by atoms with E-state index in [-0.39, 0.29) is 22.5 Å². The first-order valence-corrected chi connectivity index (χ1v) is 7.70. The van der Waals surface area contributed by atoms with Gasteiger partial charge in [-0.05, 0) is 59.8 Å². The highest BCUT2D eigenvalue weighted by atomic mass is 79.9. The van der Waals surface area contributed by atoms with Gasteiger partial charge in [-0.1, -0.05) is 29.8 Å². The molecule has 21 heavy (non-hydrogen) atoms. The molecule has 2 N–H and O–H groups in total. The summed E-state index contributed by atoms with van der Waals surface area (Å²) in [5.41, 5.74) is 8.48. The molecule has 0 bridgehead atoms. The first kappa shape index (κ1) is 16.1. The summed E-state index contributed by atoms with van der Waals surface area (Å²) in [6.07, 6.45) is 1.69. The summed E-state index contributed by atoms with van der Waals surface area (Å²) in [6.45, 7) is 2.04. The number of benzene rings is 2. The van der Waals surface area contributed by atoms with Gasteiger partial charge in [0.1, 0.15) is 11.6 Å². The fraction of sp³-hybridized carbons (Fsp3) is 0.294. The SMILES string of the molecule is Cc1cccc(CCC(N)Cc2c(F)ccc(Br)c2F)c1. The van der Waals surface area contributed by atoms with Crippen molar-refractivity contribution in [3.05, 3.63) is 69.2 Å². The van der Waals surface area contributed by atoms with Crippen LogP contribution in [0.5, 0.6) is 0 Å². The molecule has 0 aliphatic carbocycles. The van der Waals surface area contributed by atoms with Crippen LogP contribution in [-0.2, 0) is 12.8 Å². The first-order valence-electron chi connectivity index (χ1n) is 6.91. The van der Waals surface area contributed by atoms with Gasteiger partial charge < -0.3 is 5.73 Å². The van der Waals surface area contributed by atoms with E-state index in [2.05, 4.69) is 22.0 Å². The molecule has 0 aliphatic heterocycles. The highest BCUT2D eigenvalue weighted by Gasteiger charge is 2.15. The zero-order valence-corrected chi connectivity index (χ0v) is 13.5. The van der Waals surface area contributed by atoms with E-state index >= 15 is 0 Å². The van der Waals surface area contributed by atoms with Gasteiger partial charge in [-0.15, -0.1) is 0 Å². The second-order valence-corrected chi connectivity index (χ2v) is 6.17. The summed E-state index contributed by atoms with van der Waals surface area (Å²) < 4.78 is 27.9. The molecule has 0 heterocycles. The number of hydrogen-bond acceptors (Lipinski definition) is 1. The van der Waals surface area contributed by atoms with Crippen LogP contribution in [0.1, 0.15) is 23.1 Å². The van der Waals surface area contributed by atoms with Gasteiger partial charge >= 0.3 is 0 Å². The monoisotopic (exact) mass is 353 g/mol. The molecule has 1 unspecified atom stereocenters. The molecule has 0 spiro atoms. The van der Waals surface area contributed by atoms with Gasteiger partial charge in [0, 0.05) is 11.6 Å². The topological polar surface area (TPSA) is 26.0 Å². The third kappa shape index (κ3) is 4.35. The maximum atomic E-state index is 13.9. The van der Waals surface area contributed by atoms with Crippen LogP contribution in [0, 0.1) is 18.6 Å². The Morgan fingerprint density at radius 3 is 2.67 bits per heavy atom. The van der Waals surface area contributed by atoms with E-state index in [0.717, 1.165) is 6.42 Å². The zero-order chi connectivity index (χ0) is 15.4. The highest BCUT2D eigenvalue weighted by Crippen LogP contribution is 2.23. The van der Waals surface area contributed by atoms with Crippen molar-refractivity contribution in [3.63, 3.8) is 0 Å². The predicted octanol–water partition coefficient (Wildman–Crippen LogP) is 4.54. The number of halogens is 3. The lowest BCUT2D eigenvalue weighted by Gasteiger charge is -2.14. The summed E-state index contributed by atoms with van der Waals surface area (Å²) >= 11 is 3.07. The minimum atomic E-state index is -0.555. The summed E-state index contributed by atoms with van der Waals surface area (Å²) in [4.78, 5) is 0. The normalized spacial score (nSPS) is 12.4. The van der Waals surface area contributed by atoms with E-state index in [1.165, 1.54) is 23.3 Å². The van der Waals surface area contributed by atoms with Gasteiger partial charge in [0.25, 0.3) is 0 Å². The van der Waals surface area contributed by atoms with Crippen LogP contribution in [0.15, 0.2) is 40.9 Å². The van der Waals surface area contributed by atoms with E-state index < -0.39 is 11.6 Å². The van der Waals surface area contributed by atoms with E-state index in [1.54, 1.807) is 0 Å². The predicted molar refractivity (Wildman–Crippen MR) is 85.2 cm³/mol. The molecule has 0 saturated carbocycles. The van der Waals surface area contributed by atoms with Gasteiger partial charge in [-0.25, -0.2) is 8.78 Å². The first-order chi connectivity index (χ1) is 9.97. The molecule has 1 atom stereocenters. The van der Waals surface area contributed by atoms with Gasteiger partial charge in [0.2, 0.25) is 0 Å². The molecule has 0 aliphatic rings. The van der Waals surface area contributed by atoms with Crippen LogP contribution in [0.4, 0.5) is 8.78 Å². The number of aryl methyl sites for hydroxylation is 2. The van der Waals surface area contributed by atoms with E-state index in [4.69, 9.17) is 5.73 Å². The Morgan fingerprint density at radius 2 is 1.95 bits per heavy atom. The lowest BCUT2D eigenvalue weighted by Crippen LogP contribution is -2.24. The minimum absolute atomic E-state index is 0.0566. The standard InChI is InChI=1S/C17H18BrF2N/c1-11-3-2-4-12(9-11)5-6-13(21)10-14-16(19)8-7-15(18)17(14)20/h2-4,7-9,13H,5-6,10,21H2,1H3. The highest BCUT2D eigenvalue weighted by molar-refractivity contribution is 9.10. The van der Waals surface area contributed by atoms with Crippen LogP contribution in [-0.4, -0.2) is 6.04 Å². The Kier molecular flexibility index (Phi) is 5.48. The maximum Gasteiger partial charge on any atom is 0.143 e. The van der Waals surface area contributed by atoms with Crippen molar-refractivity contribution >= 4 is 15.9 Å². The molecule has 0 radical (unpaired) electrons. The van der Waals surface area contributed by atoms with Crippen molar-refractivity contribution < 1.29 is 8.78 Å². The summed E-state index contributed by atoms with van der Waals surface area (Å²) in [5, 5.41) is 0. The zero-order valence-electron chi connectivity index (χ0n) is 11.9. The van der Waals surface area contributed by atoms with E-state index in [1.807, 2.05) is 25.1 Å². The maximum absolute atomic E-state index is 13.9. The molecule has 0 fully saturated rings. The van der Waals surface area contributed by atoms with Crippen molar-refractivity contribution in [1.29, 1.82) is 0 Å². The molecule has 1 nitrogen and oxygen atoms in total. The molecule has 2 aromatic rings. The molecule has 4 heteroatoms. The number of hydrogen-bond donors (Lipinski definition) is 1. The quantitative estimate of drug-likeness (QED) is 0.784. The lowest BCUT2D eigenvalue weighted by atomic mass is 9.98. The Morgan fingerprint density at radius 1 is 1.19 bits per heavy atom. The van der Waals surface area contributed by atoms with Gasteiger partial charge in [-0.2, -0.15) is 0 Å². The van der Waals surface area contributed by atoms with Crippen molar-refractivity contribution in [2.75, 3.05) is 0 Å². The number of rotatable bonds is 5. The molecule has 2 rings (SSSR count). The second kappa shape index (κ2) is 7.14. The van der Waals surface area contributed by atoms with Crippen molar-refractivity contribution in [3.8, 4) is 0 Å². The Balaban J connectivity index is 1.99. The lowest BCUT2D eigenvalue weighted by molar-refractivity contribution is 0.520. The molecule has 0 aromatic heterocycles. The molecule has 2 aromatic carbocycles. The Bertz CT molecular complexity index is 628. The van der Waals surface area contributed by atoms with Gasteiger partial charge in [0.15, 0.2) is 0 Å². The summed E-state index contributed by atoms with van der Waals surface area (Å²) in [7, 11) is 0. The van der Waals surface area contributed by atoms with Crippen molar-refractivity contribution in [1.82, 2.24) is 0 Å². The van der Waals surface area contributed by atoms with Crippen LogP contribution in [0.25, 0.3) is 0 Å². The molecular formula is C17H18BrF2N. The largest absolute Gasteiger partial charge is 0.327 e. The van der Waals surface area contributed by atoms with Crippen molar-refractivity contribution in [2.24, 2.45) is 5.73 Å². The molecule has 112 valence electrons. The Labute approximate surface area is 132 Å². The third-order valence-corrected chi connectivity index (χ3v) is 4.10. The summed E-state index contributed by atoms with van der Waals surface area (Å²) in [6, 6.07) is 10.5. The average Bonchev–Trinajstić information content (AvgIpc) is 2.46. The fourth-order valence-electron chi connectivity index (χ4n) is 2.34. The molecular weight excluding hydrogens is 336 g/mol.